The van der Waals surface area contributed by atoms with Crippen molar-refractivity contribution in [3.8, 4) is 0 Å². The van der Waals surface area contributed by atoms with Crippen LogP contribution < -0.4 is 11.3 Å². The molecule has 2 aromatic rings. The number of hydrazine groups is 1. The number of rotatable bonds is 4. The van der Waals surface area contributed by atoms with E-state index >= 15 is 0 Å². The van der Waals surface area contributed by atoms with Crippen molar-refractivity contribution < 1.29 is 13.9 Å². The van der Waals surface area contributed by atoms with Gasteiger partial charge in [0.15, 0.2) is 0 Å². The van der Waals surface area contributed by atoms with Gasteiger partial charge < -0.3 is 9.15 Å². The molecular weight excluding hydrogens is 288 g/mol. The molecule has 21 heavy (non-hydrogen) atoms. The van der Waals surface area contributed by atoms with E-state index in [4.69, 9.17) is 15.0 Å². The Balaban J connectivity index is 1.88. The molecule has 0 radical (unpaired) electrons. The van der Waals surface area contributed by atoms with E-state index in [1.54, 1.807) is 11.8 Å². The lowest BCUT2D eigenvalue weighted by Crippen LogP contribution is -2.30. The molecule has 2 unspecified atom stereocenters. The highest BCUT2D eigenvalue weighted by Gasteiger charge is 2.26. The van der Waals surface area contributed by atoms with E-state index in [1.807, 2.05) is 24.3 Å². The molecule has 1 aromatic carbocycles. The number of nitrogen functional groups attached to an aromatic ring is 1. The fourth-order valence-corrected chi connectivity index (χ4v) is 3.81. The minimum atomic E-state index is -0.314. The molecule has 1 saturated heterocycles. The SMILES string of the molecule is CC1OCCC1SCc1oc2ccccc2c1C(=O)NN. The molecule has 6 heteroatoms. The summed E-state index contributed by atoms with van der Waals surface area (Å²) in [4.78, 5) is 12.0. The van der Waals surface area contributed by atoms with Crippen molar-refractivity contribution in [1.29, 1.82) is 0 Å². The van der Waals surface area contributed by atoms with Crippen LogP contribution in [0.3, 0.4) is 0 Å². The molecule has 1 amide bonds. The van der Waals surface area contributed by atoms with Crippen LogP contribution in [0.2, 0.25) is 0 Å². The third-order valence-corrected chi connectivity index (χ3v) is 5.24. The summed E-state index contributed by atoms with van der Waals surface area (Å²) in [5.74, 6) is 6.29. The Kier molecular flexibility index (Phi) is 4.19. The maximum absolute atomic E-state index is 12.0. The molecule has 0 aliphatic carbocycles. The van der Waals surface area contributed by atoms with E-state index in [2.05, 4.69) is 12.3 Å². The maximum atomic E-state index is 12.0. The molecule has 1 fully saturated rings. The average molecular weight is 306 g/mol. The number of furan rings is 1. The number of nitrogens with one attached hydrogen (secondary N) is 1. The van der Waals surface area contributed by atoms with Crippen LogP contribution in [0.4, 0.5) is 0 Å². The summed E-state index contributed by atoms with van der Waals surface area (Å²) in [5, 5.41) is 1.23. The van der Waals surface area contributed by atoms with E-state index in [-0.39, 0.29) is 12.0 Å². The van der Waals surface area contributed by atoms with Crippen LogP contribution in [0, 0.1) is 0 Å². The van der Waals surface area contributed by atoms with Crippen molar-refractivity contribution in [1.82, 2.24) is 5.43 Å². The van der Waals surface area contributed by atoms with Gasteiger partial charge in [0.25, 0.3) is 5.91 Å². The number of para-hydroxylation sites is 1. The number of benzene rings is 1. The molecule has 3 rings (SSSR count). The van der Waals surface area contributed by atoms with Crippen LogP contribution in [0.1, 0.15) is 29.5 Å². The van der Waals surface area contributed by atoms with Gasteiger partial charge in [0, 0.05) is 17.2 Å². The quantitative estimate of drug-likeness (QED) is 0.515. The average Bonchev–Trinajstić information content (AvgIpc) is 3.07. The number of nitrogens with two attached hydrogens (primary N) is 1. The fourth-order valence-electron chi connectivity index (χ4n) is 2.63. The number of hydrogen-bond acceptors (Lipinski definition) is 5. The zero-order valence-electron chi connectivity index (χ0n) is 11.8. The first-order valence-corrected chi connectivity index (χ1v) is 8.00. The van der Waals surface area contributed by atoms with Crippen molar-refractivity contribution in [2.24, 2.45) is 5.84 Å². The fraction of sp³-hybridized carbons (Fsp3) is 0.400. The first-order valence-electron chi connectivity index (χ1n) is 6.95. The second kappa shape index (κ2) is 6.09. The molecule has 112 valence electrons. The lowest BCUT2D eigenvalue weighted by atomic mass is 10.1. The Bertz CT molecular complexity index is 655. The molecule has 2 heterocycles. The van der Waals surface area contributed by atoms with Gasteiger partial charge in [-0.1, -0.05) is 18.2 Å². The lowest BCUT2D eigenvalue weighted by molar-refractivity contribution is 0.0953. The lowest BCUT2D eigenvalue weighted by Gasteiger charge is -2.12. The predicted molar refractivity (Wildman–Crippen MR) is 83.0 cm³/mol. The summed E-state index contributed by atoms with van der Waals surface area (Å²) in [6, 6.07) is 7.51. The number of fused-ring (bicyclic) bond motifs is 1. The standard InChI is InChI=1S/C15H18N2O3S/c1-9-13(6-7-19-9)21-8-12-14(15(18)17-16)10-4-2-3-5-11(10)20-12/h2-5,9,13H,6-8,16H2,1H3,(H,17,18). The van der Waals surface area contributed by atoms with Crippen LogP contribution in [-0.2, 0) is 10.5 Å². The van der Waals surface area contributed by atoms with Gasteiger partial charge in [-0.15, -0.1) is 11.8 Å². The van der Waals surface area contributed by atoms with Crippen LogP contribution in [0.5, 0.6) is 0 Å². The van der Waals surface area contributed by atoms with Gasteiger partial charge in [-0.2, -0.15) is 0 Å². The minimum absolute atomic E-state index is 0.242. The zero-order chi connectivity index (χ0) is 14.8. The van der Waals surface area contributed by atoms with Crippen LogP contribution in [0.25, 0.3) is 11.0 Å². The van der Waals surface area contributed by atoms with Crippen molar-refractivity contribution in [3.63, 3.8) is 0 Å². The highest BCUT2D eigenvalue weighted by molar-refractivity contribution is 7.99. The summed E-state index contributed by atoms with van der Waals surface area (Å²) in [5.41, 5.74) is 3.45. The first kappa shape index (κ1) is 14.4. The van der Waals surface area contributed by atoms with Crippen LogP contribution >= 0.6 is 11.8 Å². The summed E-state index contributed by atoms with van der Waals surface area (Å²) >= 11 is 1.76. The molecule has 1 aliphatic heterocycles. The molecule has 1 aromatic heterocycles. The molecule has 1 aliphatic rings. The smallest absolute Gasteiger partial charge is 0.269 e. The summed E-state index contributed by atoms with van der Waals surface area (Å²) < 4.78 is 11.4. The Morgan fingerprint density at radius 2 is 2.29 bits per heavy atom. The topological polar surface area (TPSA) is 77.5 Å². The van der Waals surface area contributed by atoms with Gasteiger partial charge in [-0.3, -0.25) is 10.2 Å². The molecule has 0 bridgehead atoms. The van der Waals surface area contributed by atoms with E-state index in [1.165, 1.54) is 0 Å². The normalized spacial score (nSPS) is 21.8. The number of thioether (sulfide) groups is 1. The van der Waals surface area contributed by atoms with Gasteiger partial charge in [0.1, 0.15) is 11.3 Å². The van der Waals surface area contributed by atoms with Gasteiger partial charge in [0.05, 0.1) is 17.4 Å². The number of amides is 1. The molecular formula is C15H18N2O3S. The Morgan fingerprint density at radius 1 is 1.48 bits per heavy atom. The van der Waals surface area contributed by atoms with E-state index in [0.717, 1.165) is 18.4 Å². The van der Waals surface area contributed by atoms with Crippen molar-refractivity contribution in [2.45, 2.75) is 30.5 Å². The second-order valence-electron chi connectivity index (χ2n) is 5.08. The van der Waals surface area contributed by atoms with E-state index < -0.39 is 0 Å². The molecule has 3 N–H and O–H groups in total. The highest BCUT2D eigenvalue weighted by atomic mass is 32.2. The van der Waals surface area contributed by atoms with Gasteiger partial charge in [0.2, 0.25) is 0 Å². The molecule has 5 nitrogen and oxygen atoms in total. The van der Waals surface area contributed by atoms with Crippen LogP contribution in [0.15, 0.2) is 28.7 Å². The second-order valence-corrected chi connectivity index (χ2v) is 6.31. The minimum Gasteiger partial charge on any atom is -0.459 e. The maximum Gasteiger partial charge on any atom is 0.269 e. The number of ether oxygens (including phenoxy) is 1. The van der Waals surface area contributed by atoms with Gasteiger partial charge in [-0.25, -0.2) is 5.84 Å². The first-order chi connectivity index (χ1) is 10.2. The van der Waals surface area contributed by atoms with E-state index in [0.29, 0.717) is 27.9 Å². The third-order valence-electron chi connectivity index (χ3n) is 3.76. The van der Waals surface area contributed by atoms with E-state index in [9.17, 15) is 4.79 Å². The monoisotopic (exact) mass is 306 g/mol. The van der Waals surface area contributed by atoms with Crippen LogP contribution in [-0.4, -0.2) is 23.9 Å². The molecule has 2 atom stereocenters. The highest BCUT2D eigenvalue weighted by Crippen LogP contribution is 2.33. The van der Waals surface area contributed by atoms with Crippen molar-refractivity contribution >= 4 is 28.6 Å². The Hall–Kier alpha value is -1.50. The zero-order valence-corrected chi connectivity index (χ0v) is 12.6. The van der Waals surface area contributed by atoms with Gasteiger partial charge in [-0.05, 0) is 19.4 Å². The molecule has 0 spiro atoms. The molecule has 0 saturated carbocycles. The Labute approximate surface area is 127 Å². The van der Waals surface area contributed by atoms with Crippen molar-refractivity contribution in [3.05, 3.63) is 35.6 Å². The Morgan fingerprint density at radius 3 is 3.00 bits per heavy atom. The summed E-state index contributed by atoms with van der Waals surface area (Å²) in [6.07, 6.45) is 1.27. The summed E-state index contributed by atoms with van der Waals surface area (Å²) in [6.45, 7) is 2.88. The number of carbonyl (C=O) groups excluding carboxylic acids is 1. The third kappa shape index (κ3) is 2.79. The predicted octanol–water partition coefficient (Wildman–Crippen LogP) is 2.45. The van der Waals surface area contributed by atoms with Crippen molar-refractivity contribution in [2.75, 3.05) is 6.61 Å². The summed E-state index contributed by atoms with van der Waals surface area (Å²) in [7, 11) is 0. The largest absolute Gasteiger partial charge is 0.459 e. The van der Waals surface area contributed by atoms with Gasteiger partial charge >= 0.3 is 0 Å². The number of carbonyl (C=O) groups is 1. The number of hydrogen-bond donors (Lipinski definition) is 2.